The zero-order valence-corrected chi connectivity index (χ0v) is 13.5. The molecule has 0 heterocycles. The Hall–Kier alpha value is 0.0569. The van der Waals surface area contributed by atoms with E-state index in [1.165, 1.54) is 32.1 Å². The van der Waals surface area contributed by atoms with Crippen LogP contribution in [0.2, 0.25) is 6.55 Å². The molecule has 0 unspecified atom stereocenters. The van der Waals surface area contributed by atoms with Gasteiger partial charge in [-0.1, -0.05) is 19.3 Å². The largest absolute Gasteiger partial charge is 0.497 e. The average molecular weight is 277 g/mol. The molecule has 18 heavy (non-hydrogen) atoms. The van der Waals surface area contributed by atoms with Crippen LogP contribution in [0.5, 0.6) is 0 Å². The lowest BCUT2D eigenvalue weighted by Crippen LogP contribution is -2.42. The number of nitrogens with two attached hydrogens (primary N) is 1. The molecular formula is C13H31NO3Si. The third-order valence-electron chi connectivity index (χ3n) is 2.87. The Balaban J connectivity index is 0.000000351. The molecule has 1 fully saturated rings. The van der Waals surface area contributed by atoms with Gasteiger partial charge >= 0.3 is 8.80 Å². The van der Waals surface area contributed by atoms with Crippen molar-refractivity contribution in [1.82, 2.24) is 0 Å². The lowest BCUT2D eigenvalue weighted by atomic mass is 9.97. The Morgan fingerprint density at radius 3 is 1.50 bits per heavy atom. The monoisotopic (exact) mass is 277 g/mol. The highest BCUT2D eigenvalue weighted by atomic mass is 28.4. The zero-order chi connectivity index (χ0) is 13.9. The molecule has 0 radical (unpaired) electrons. The highest BCUT2D eigenvalue weighted by molar-refractivity contribution is 6.59. The van der Waals surface area contributed by atoms with E-state index in [1.807, 2.05) is 27.3 Å². The topological polar surface area (TPSA) is 53.7 Å². The van der Waals surface area contributed by atoms with Crippen molar-refractivity contribution < 1.29 is 13.3 Å². The van der Waals surface area contributed by atoms with Crippen LogP contribution in [0.4, 0.5) is 0 Å². The first-order valence-corrected chi connectivity index (χ1v) is 9.47. The Morgan fingerprint density at radius 2 is 1.28 bits per heavy atom. The van der Waals surface area contributed by atoms with Gasteiger partial charge in [-0.15, -0.1) is 0 Å². The summed E-state index contributed by atoms with van der Waals surface area (Å²) >= 11 is 0. The predicted octanol–water partition coefficient (Wildman–Crippen LogP) is 2.94. The fourth-order valence-electron chi connectivity index (χ4n) is 2.05. The van der Waals surface area contributed by atoms with E-state index in [2.05, 4.69) is 0 Å². The highest BCUT2D eigenvalue weighted by Gasteiger charge is 2.32. The summed E-state index contributed by atoms with van der Waals surface area (Å²) in [6, 6.07) is 0.536. The second kappa shape index (κ2) is 10.9. The standard InChI is InChI=1S/C7H18O3Si.C6H13N/c1-5-8-11(4,9-6-2)10-7-3;7-6-4-2-1-3-5-6/h5-7H2,1-4H3;6H,1-5,7H2. The van der Waals surface area contributed by atoms with Gasteiger partial charge in [-0.05, 0) is 33.6 Å². The number of hydrogen-bond acceptors (Lipinski definition) is 4. The zero-order valence-electron chi connectivity index (χ0n) is 12.5. The Bertz CT molecular complexity index is 170. The molecule has 0 aromatic heterocycles. The number of hydrogen-bond donors (Lipinski definition) is 1. The molecule has 0 amide bonds. The summed E-state index contributed by atoms with van der Waals surface area (Å²) in [4.78, 5) is 0. The molecule has 1 aliphatic carbocycles. The van der Waals surface area contributed by atoms with Crippen molar-refractivity contribution in [3.05, 3.63) is 0 Å². The summed E-state index contributed by atoms with van der Waals surface area (Å²) in [6.07, 6.45) is 6.66. The van der Waals surface area contributed by atoms with Crippen LogP contribution in [0.3, 0.4) is 0 Å². The Kier molecular flexibility index (Phi) is 11.0. The van der Waals surface area contributed by atoms with Gasteiger partial charge in [-0.25, -0.2) is 0 Å². The van der Waals surface area contributed by atoms with Crippen LogP contribution < -0.4 is 5.73 Å². The third-order valence-corrected chi connectivity index (χ3v) is 5.31. The van der Waals surface area contributed by atoms with Crippen LogP contribution in [0.25, 0.3) is 0 Å². The lowest BCUT2D eigenvalue weighted by molar-refractivity contribution is 0.0783. The van der Waals surface area contributed by atoms with E-state index in [4.69, 9.17) is 19.0 Å². The predicted molar refractivity (Wildman–Crippen MR) is 77.6 cm³/mol. The van der Waals surface area contributed by atoms with Gasteiger partial charge in [0.15, 0.2) is 0 Å². The lowest BCUT2D eigenvalue weighted by Gasteiger charge is -2.23. The maximum Gasteiger partial charge on any atom is 0.497 e. The molecule has 1 saturated carbocycles. The van der Waals surface area contributed by atoms with E-state index >= 15 is 0 Å². The fraction of sp³-hybridized carbons (Fsp3) is 1.00. The van der Waals surface area contributed by atoms with Crippen molar-refractivity contribution in [3.63, 3.8) is 0 Å². The molecule has 1 rings (SSSR count). The summed E-state index contributed by atoms with van der Waals surface area (Å²) in [5, 5.41) is 0. The molecule has 2 N–H and O–H groups in total. The summed E-state index contributed by atoms with van der Waals surface area (Å²) in [5.74, 6) is 0. The molecule has 5 heteroatoms. The summed E-state index contributed by atoms with van der Waals surface area (Å²) in [5.41, 5.74) is 5.63. The minimum Gasteiger partial charge on any atom is -0.374 e. The SMILES string of the molecule is CCO[Si](C)(OCC)OCC.NC1CCCCC1. The van der Waals surface area contributed by atoms with Crippen molar-refractivity contribution >= 4 is 8.80 Å². The van der Waals surface area contributed by atoms with Crippen LogP contribution in [0.15, 0.2) is 0 Å². The molecule has 1 aliphatic rings. The first-order chi connectivity index (χ1) is 8.58. The second-order valence-electron chi connectivity index (χ2n) is 4.56. The Morgan fingerprint density at radius 1 is 0.889 bits per heavy atom. The smallest absolute Gasteiger partial charge is 0.374 e. The van der Waals surface area contributed by atoms with Gasteiger partial charge in [-0.2, -0.15) is 0 Å². The van der Waals surface area contributed by atoms with Crippen LogP contribution >= 0.6 is 0 Å². The molecule has 0 spiro atoms. The second-order valence-corrected chi connectivity index (χ2v) is 7.15. The van der Waals surface area contributed by atoms with Crippen molar-refractivity contribution in [1.29, 1.82) is 0 Å². The summed E-state index contributed by atoms with van der Waals surface area (Å²) < 4.78 is 16.2. The maximum atomic E-state index is 5.63. The van der Waals surface area contributed by atoms with E-state index in [-0.39, 0.29) is 0 Å². The van der Waals surface area contributed by atoms with E-state index in [0.29, 0.717) is 25.9 Å². The molecular weight excluding hydrogens is 246 g/mol. The molecule has 110 valence electrons. The number of rotatable bonds is 6. The molecule has 0 bridgehead atoms. The normalized spacial score (nSPS) is 17.2. The van der Waals surface area contributed by atoms with Gasteiger partial charge in [-0.3, -0.25) is 0 Å². The maximum absolute atomic E-state index is 5.63. The van der Waals surface area contributed by atoms with Gasteiger partial charge in [0.25, 0.3) is 0 Å². The first kappa shape index (κ1) is 18.1. The van der Waals surface area contributed by atoms with Gasteiger partial charge in [0.2, 0.25) is 0 Å². The minimum atomic E-state index is -2.25. The summed E-state index contributed by atoms with van der Waals surface area (Å²) in [7, 11) is -2.25. The van der Waals surface area contributed by atoms with Crippen LogP contribution in [-0.4, -0.2) is 34.7 Å². The van der Waals surface area contributed by atoms with Crippen LogP contribution in [-0.2, 0) is 13.3 Å². The van der Waals surface area contributed by atoms with Gasteiger partial charge < -0.3 is 19.0 Å². The summed E-state index contributed by atoms with van der Waals surface area (Å²) in [6.45, 7) is 9.73. The van der Waals surface area contributed by atoms with E-state index in [0.717, 1.165) is 0 Å². The Labute approximate surface area is 114 Å². The van der Waals surface area contributed by atoms with Crippen molar-refractivity contribution in [2.24, 2.45) is 5.73 Å². The molecule has 0 atom stereocenters. The minimum absolute atomic E-state index is 0.536. The molecule has 0 aromatic carbocycles. The molecule has 4 nitrogen and oxygen atoms in total. The van der Waals surface area contributed by atoms with Gasteiger partial charge in [0, 0.05) is 32.4 Å². The molecule has 0 aromatic rings. The third kappa shape index (κ3) is 9.05. The fourth-order valence-corrected chi connectivity index (χ4v) is 3.87. The average Bonchev–Trinajstić information content (AvgIpc) is 2.31. The van der Waals surface area contributed by atoms with E-state index < -0.39 is 8.80 Å². The highest BCUT2D eigenvalue weighted by Crippen LogP contribution is 2.14. The first-order valence-electron chi connectivity index (χ1n) is 7.25. The molecule has 0 aliphatic heterocycles. The van der Waals surface area contributed by atoms with Crippen molar-refractivity contribution in [2.75, 3.05) is 19.8 Å². The van der Waals surface area contributed by atoms with Crippen LogP contribution in [0.1, 0.15) is 52.9 Å². The van der Waals surface area contributed by atoms with Crippen molar-refractivity contribution in [3.8, 4) is 0 Å². The molecule has 0 saturated heterocycles. The van der Waals surface area contributed by atoms with E-state index in [1.54, 1.807) is 0 Å². The van der Waals surface area contributed by atoms with Gasteiger partial charge in [0.05, 0.1) is 0 Å². The van der Waals surface area contributed by atoms with Gasteiger partial charge in [0.1, 0.15) is 0 Å². The van der Waals surface area contributed by atoms with Crippen molar-refractivity contribution in [2.45, 2.75) is 65.5 Å². The van der Waals surface area contributed by atoms with Crippen LogP contribution in [0, 0.1) is 0 Å². The van der Waals surface area contributed by atoms with E-state index in [9.17, 15) is 0 Å². The quantitative estimate of drug-likeness (QED) is 0.758.